The molecule has 4 heteroatoms. The monoisotopic (exact) mass is 577 g/mol. The number of para-hydroxylation sites is 3. The minimum Gasteiger partial charge on any atom is -0.455 e. The highest BCUT2D eigenvalue weighted by molar-refractivity contribution is 6.14. The van der Waals surface area contributed by atoms with E-state index in [1.165, 1.54) is 27.1 Å². The molecule has 212 valence electrons. The van der Waals surface area contributed by atoms with Gasteiger partial charge >= 0.3 is 0 Å². The Labute approximate surface area is 259 Å². The molecule has 3 aromatic heterocycles. The van der Waals surface area contributed by atoms with Crippen LogP contribution in [-0.4, -0.2) is 14.5 Å². The molecule has 1 aliphatic carbocycles. The molecule has 4 nitrogen and oxygen atoms in total. The van der Waals surface area contributed by atoms with Crippen LogP contribution in [0.3, 0.4) is 0 Å². The van der Waals surface area contributed by atoms with Crippen molar-refractivity contribution < 1.29 is 4.42 Å². The number of rotatable bonds is 2. The second kappa shape index (κ2) is 8.67. The molecule has 0 unspecified atom stereocenters. The average molecular weight is 578 g/mol. The normalized spacial score (nSPS) is 13.7. The zero-order valence-electron chi connectivity index (χ0n) is 24.9. The first-order valence-electron chi connectivity index (χ1n) is 15.4. The van der Waals surface area contributed by atoms with E-state index in [0.29, 0.717) is 0 Å². The van der Waals surface area contributed by atoms with Gasteiger partial charge in [0.25, 0.3) is 0 Å². The summed E-state index contributed by atoms with van der Waals surface area (Å²) in [6, 6.07) is 45.0. The van der Waals surface area contributed by atoms with Crippen molar-refractivity contribution in [3.05, 3.63) is 139 Å². The Bertz CT molecular complexity index is 2690. The predicted octanol–water partition coefficient (Wildman–Crippen LogP) is 10.6. The van der Waals surface area contributed by atoms with Crippen LogP contribution in [-0.2, 0) is 5.41 Å². The number of fused-ring (bicyclic) bond motifs is 10. The summed E-state index contributed by atoms with van der Waals surface area (Å²) in [6.45, 7) is 4.52. The Morgan fingerprint density at radius 3 is 2.13 bits per heavy atom. The highest BCUT2D eigenvalue weighted by Gasteiger charge is 2.39. The lowest BCUT2D eigenvalue weighted by molar-refractivity contribution is 0.633. The second-order valence-corrected chi connectivity index (χ2v) is 12.6. The van der Waals surface area contributed by atoms with E-state index in [0.717, 1.165) is 67.0 Å². The summed E-state index contributed by atoms with van der Waals surface area (Å²) in [6.07, 6.45) is 0. The SMILES string of the molecule is CC1(C)c2ccccc2-c2nc(-c3cccc4c3oc3ccccc34)c(-n3c4ccccc4c4cc5ccccc5cc43)nc21. The number of aromatic nitrogens is 3. The molecule has 0 spiro atoms. The van der Waals surface area contributed by atoms with Crippen LogP contribution in [0, 0.1) is 0 Å². The highest BCUT2D eigenvalue weighted by atomic mass is 16.3. The fourth-order valence-corrected chi connectivity index (χ4v) is 7.57. The van der Waals surface area contributed by atoms with Gasteiger partial charge in [-0.2, -0.15) is 0 Å². The Kier molecular flexibility index (Phi) is 4.76. The van der Waals surface area contributed by atoms with E-state index in [4.69, 9.17) is 14.4 Å². The predicted molar refractivity (Wildman–Crippen MR) is 184 cm³/mol. The second-order valence-electron chi connectivity index (χ2n) is 12.6. The molecule has 0 amide bonds. The van der Waals surface area contributed by atoms with Gasteiger partial charge in [0.15, 0.2) is 5.82 Å². The summed E-state index contributed by atoms with van der Waals surface area (Å²) >= 11 is 0. The topological polar surface area (TPSA) is 43.9 Å². The van der Waals surface area contributed by atoms with E-state index in [2.05, 4.69) is 134 Å². The van der Waals surface area contributed by atoms with Gasteiger partial charge in [-0.05, 0) is 46.7 Å². The van der Waals surface area contributed by atoms with Crippen LogP contribution < -0.4 is 0 Å². The van der Waals surface area contributed by atoms with Crippen molar-refractivity contribution in [2.45, 2.75) is 19.3 Å². The molecule has 1 aliphatic rings. The molecule has 0 saturated carbocycles. The van der Waals surface area contributed by atoms with E-state index in [1.807, 2.05) is 12.1 Å². The number of benzene rings is 6. The molecule has 0 atom stereocenters. The first-order valence-corrected chi connectivity index (χ1v) is 15.4. The van der Waals surface area contributed by atoms with Crippen molar-refractivity contribution in [2.75, 3.05) is 0 Å². The molecule has 6 aromatic carbocycles. The van der Waals surface area contributed by atoms with Crippen LogP contribution in [0.25, 0.3) is 82.8 Å². The molecule has 9 aromatic rings. The smallest absolute Gasteiger partial charge is 0.164 e. The summed E-state index contributed by atoms with van der Waals surface area (Å²) in [7, 11) is 0. The lowest BCUT2D eigenvalue weighted by atomic mass is 9.85. The molecule has 0 fully saturated rings. The van der Waals surface area contributed by atoms with E-state index in [1.54, 1.807) is 0 Å². The van der Waals surface area contributed by atoms with Gasteiger partial charge < -0.3 is 4.42 Å². The van der Waals surface area contributed by atoms with Gasteiger partial charge in [0.1, 0.15) is 16.9 Å². The molecular weight excluding hydrogens is 550 g/mol. The van der Waals surface area contributed by atoms with Gasteiger partial charge in [0.2, 0.25) is 0 Å². The first kappa shape index (κ1) is 24.7. The fraction of sp³-hybridized carbons (Fsp3) is 0.0732. The summed E-state index contributed by atoms with van der Waals surface area (Å²) < 4.78 is 8.92. The minimum atomic E-state index is -0.303. The third-order valence-corrected chi connectivity index (χ3v) is 9.74. The van der Waals surface area contributed by atoms with Crippen molar-refractivity contribution in [3.63, 3.8) is 0 Å². The third-order valence-electron chi connectivity index (χ3n) is 9.74. The molecule has 0 bridgehead atoms. The summed E-state index contributed by atoms with van der Waals surface area (Å²) in [5.41, 5.74) is 9.66. The lowest BCUT2D eigenvalue weighted by Gasteiger charge is -2.21. The molecule has 45 heavy (non-hydrogen) atoms. The van der Waals surface area contributed by atoms with E-state index < -0.39 is 0 Å². The lowest BCUT2D eigenvalue weighted by Crippen LogP contribution is -2.18. The van der Waals surface area contributed by atoms with Crippen LogP contribution in [0.15, 0.2) is 132 Å². The summed E-state index contributed by atoms with van der Waals surface area (Å²) in [5.74, 6) is 0.809. The van der Waals surface area contributed by atoms with Crippen molar-refractivity contribution in [2.24, 2.45) is 0 Å². The van der Waals surface area contributed by atoms with Crippen LogP contribution in [0.1, 0.15) is 25.1 Å². The molecule has 0 radical (unpaired) electrons. The van der Waals surface area contributed by atoms with E-state index in [9.17, 15) is 0 Å². The Balaban J connectivity index is 1.39. The molecule has 0 N–H and O–H groups in total. The van der Waals surface area contributed by atoms with Crippen molar-refractivity contribution >= 4 is 54.5 Å². The van der Waals surface area contributed by atoms with Crippen LogP contribution in [0.5, 0.6) is 0 Å². The molecule has 3 heterocycles. The number of nitrogens with zero attached hydrogens (tertiary/aromatic N) is 3. The van der Waals surface area contributed by atoms with Gasteiger partial charge in [0, 0.05) is 38.1 Å². The maximum absolute atomic E-state index is 6.60. The van der Waals surface area contributed by atoms with Crippen LogP contribution in [0.2, 0.25) is 0 Å². The molecule has 10 rings (SSSR count). The average Bonchev–Trinajstić information content (AvgIpc) is 3.69. The van der Waals surface area contributed by atoms with Crippen molar-refractivity contribution in [1.82, 2.24) is 14.5 Å². The first-order chi connectivity index (χ1) is 22.1. The molecule has 0 aliphatic heterocycles. The van der Waals surface area contributed by atoms with Gasteiger partial charge in [0.05, 0.1) is 22.4 Å². The highest BCUT2D eigenvalue weighted by Crippen LogP contribution is 2.49. The zero-order valence-corrected chi connectivity index (χ0v) is 24.9. The van der Waals surface area contributed by atoms with E-state index >= 15 is 0 Å². The zero-order chi connectivity index (χ0) is 29.9. The largest absolute Gasteiger partial charge is 0.455 e. The number of hydrogen-bond donors (Lipinski definition) is 0. The standard InChI is InChI=1S/C41H27N3O/c1-41(2)32-19-8-5-16-29(32)36-39(41)43-40(37(42-36)30-18-11-17-28-27-15-7-10-21-35(27)45-38(28)30)44-33-20-9-6-14-26(33)31-22-24-12-3-4-13-25(24)23-34(31)44/h3-23H,1-2H3. The van der Waals surface area contributed by atoms with Gasteiger partial charge in [-0.3, -0.25) is 4.57 Å². The quantitative estimate of drug-likeness (QED) is 0.205. The van der Waals surface area contributed by atoms with Crippen LogP contribution >= 0.6 is 0 Å². The minimum absolute atomic E-state index is 0.303. The third kappa shape index (κ3) is 3.26. The maximum Gasteiger partial charge on any atom is 0.164 e. The Hall–Kier alpha value is -5.74. The van der Waals surface area contributed by atoms with Crippen molar-refractivity contribution in [3.8, 4) is 28.3 Å². The van der Waals surface area contributed by atoms with Gasteiger partial charge in [-0.15, -0.1) is 0 Å². The summed E-state index contributed by atoms with van der Waals surface area (Å²) in [4.78, 5) is 11.2. The fourth-order valence-electron chi connectivity index (χ4n) is 7.57. The van der Waals surface area contributed by atoms with Gasteiger partial charge in [-0.25, -0.2) is 9.97 Å². The Morgan fingerprint density at radius 1 is 0.556 bits per heavy atom. The van der Waals surface area contributed by atoms with E-state index in [-0.39, 0.29) is 5.41 Å². The molecule has 0 saturated heterocycles. The van der Waals surface area contributed by atoms with Gasteiger partial charge in [-0.1, -0.05) is 111 Å². The Morgan fingerprint density at radius 2 is 1.24 bits per heavy atom. The van der Waals surface area contributed by atoms with Crippen molar-refractivity contribution in [1.29, 1.82) is 0 Å². The molecular formula is C41H27N3O. The number of hydrogen-bond acceptors (Lipinski definition) is 3. The summed E-state index contributed by atoms with van der Waals surface area (Å²) in [5, 5.41) is 6.97. The number of furan rings is 1. The van der Waals surface area contributed by atoms with Crippen LogP contribution in [0.4, 0.5) is 0 Å². The maximum atomic E-state index is 6.60.